The van der Waals surface area contributed by atoms with Crippen molar-refractivity contribution in [3.63, 3.8) is 0 Å². The van der Waals surface area contributed by atoms with Crippen LogP contribution in [0, 0.1) is 28.6 Å². The fourth-order valence-corrected chi connectivity index (χ4v) is 10.3. The van der Waals surface area contributed by atoms with Gasteiger partial charge in [-0.1, -0.05) is 30.7 Å². The highest BCUT2D eigenvalue weighted by molar-refractivity contribution is 9.11. The Kier molecular flexibility index (Phi) is 6.84. The Morgan fingerprint density at radius 2 is 2.08 bits per heavy atom. The maximum absolute atomic E-state index is 13.4. The van der Waals surface area contributed by atoms with Crippen molar-refractivity contribution in [3.8, 4) is 0 Å². The average molecular weight is 621 g/mol. The lowest BCUT2D eigenvalue weighted by Gasteiger charge is -2.60. The molecule has 9 heteroatoms. The lowest BCUT2D eigenvalue weighted by atomic mass is 9.46. The molecule has 1 saturated heterocycles. The molecule has 1 aliphatic heterocycles. The molecule has 8 atom stereocenters. The summed E-state index contributed by atoms with van der Waals surface area (Å²) in [5.41, 5.74) is -0.0987. The largest absolute Gasteiger partial charge is 0.395 e. The van der Waals surface area contributed by atoms with Crippen LogP contribution in [0.15, 0.2) is 44.9 Å². The van der Waals surface area contributed by atoms with Gasteiger partial charge in [0.25, 0.3) is 0 Å². The average Bonchev–Trinajstić information content (AvgIpc) is 3.49. The van der Waals surface area contributed by atoms with Crippen molar-refractivity contribution < 1.29 is 29.3 Å². The number of thiophene rings is 1. The SMILES string of the molecule is CC1(C)O[C@@H]2C[C@H]3[C@@H]4CCC5=C/C(=N/OCCc6ccc(Br)s6)C=C[C@]5(C)C4[C@@H](O)C[C@]3(C)[C@]2(C(=O)CO)O1. The number of Topliss-reactive ketones (excluding diaryl/α,β-unsaturated/α-hetero) is 1. The highest BCUT2D eigenvalue weighted by atomic mass is 79.9. The van der Waals surface area contributed by atoms with Gasteiger partial charge < -0.3 is 24.5 Å². The summed E-state index contributed by atoms with van der Waals surface area (Å²) in [6.07, 6.45) is 9.04. The molecular formula is C30H38BrNO6S. The Morgan fingerprint density at radius 3 is 2.79 bits per heavy atom. The maximum Gasteiger partial charge on any atom is 0.193 e. The number of aliphatic hydroxyl groups excluding tert-OH is 2. The standard InChI is InChI=1S/C30H38BrNO6S/c1-27(2)37-24-14-21-20-7-5-17-13-18(32-36-12-10-19-6-8-25(31)39-19)9-11-28(17,3)26(20)22(34)15-29(21,4)30(24,38-27)23(35)16-33/h6,8-9,11,13,20-22,24,26,33-34H,5,7,10,12,14-16H2,1-4H3/b32-18+/t20-,21-,22-,24+,26?,28-,29-,30+/m0/s1. The normalized spacial score (nSPS) is 42.9. The van der Waals surface area contributed by atoms with E-state index in [0.29, 0.717) is 19.4 Å². The number of ether oxygens (including phenoxy) is 2. The van der Waals surface area contributed by atoms with Crippen LogP contribution in [-0.4, -0.2) is 58.5 Å². The molecule has 4 fully saturated rings. The summed E-state index contributed by atoms with van der Waals surface area (Å²) in [5, 5.41) is 26.2. The van der Waals surface area contributed by atoms with Gasteiger partial charge in [0.15, 0.2) is 17.2 Å². The third kappa shape index (κ3) is 4.17. The first kappa shape index (κ1) is 27.8. The first-order chi connectivity index (χ1) is 18.4. The number of ketones is 1. The van der Waals surface area contributed by atoms with Crippen molar-refractivity contribution in [2.24, 2.45) is 33.7 Å². The number of halogens is 1. The molecule has 2 N–H and O–H groups in total. The summed E-state index contributed by atoms with van der Waals surface area (Å²) in [7, 11) is 0. The fourth-order valence-electron chi connectivity index (χ4n) is 8.86. The summed E-state index contributed by atoms with van der Waals surface area (Å²) in [6.45, 7) is 7.89. The fraction of sp³-hybridized carbons (Fsp3) is 0.667. The van der Waals surface area contributed by atoms with E-state index in [-0.39, 0.29) is 29.0 Å². The number of rotatable bonds is 6. The molecule has 0 spiro atoms. The van der Waals surface area contributed by atoms with E-state index in [1.54, 1.807) is 11.3 Å². The van der Waals surface area contributed by atoms with Gasteiger partial charge >= 0.3 is 0 Å². The Labute approximate surface area is 242 Å². The van der Waals surface area contributed by atoms with Gasteiger partial charge in [-0.25, -0.2) is 0 Å². The van der Waals surface area contributed by atoms with Crippen LogP contribution in [0.4, 0.5) is 0 Å². The first-order valence-electron chi connectivity index (χ1n) is 14.0. The first-order valence-corrected chi connectivity index (χ1v) is 15.6. The predicted molar refractivity (Wildman–Crippen MR) is 152 cm³/mol. The molecule has 3 saturated carbocycles. The quantitative estimate of drug-likeness (QED) is 0.336. The van der Waals surface area contributed by atoms with Crippen molar-refractivity contribution in [1.29, 1.82) is 0 Å². The number of carbonyl (C=O) groups is 1. The van der Waals surface area contributed by atoms with E-state index in [1.807, 2.05) is 26.0 Å². The van der Waals surface area contributed by atoms with Crippen LogP contribution in [0.1, 0.15) is 58.3 Å². The third-order valence-corrected chi connectivity index (χ3v) is 12.0. The number of aliphatic hydroxyl groups is 2. The van der Waals surface area contributed by atoms with Crippen molar-refractivity contribution in [2.75, 3.05) is 13.2 Å². The Morgan fingerprint density at radius 1 is 1.28 bits per heavy atom. The second-order valence-corrected chi connectivity index (χ2v) is 15.3. The van der Waals surface area contributed by atoms with Crippen LogP contribution in [-0.2, 0) is 25.5 Å². The van der Waals surface area contributed by atoms with Crippen molar-refractivity contribution in [2.45, 2.75) is 83.4 Å². The number of fused-ring (bicyclic) bond motifs is 7. The van der Waals surface area contributed by atoms with E-state index < -0.39 is 35.6 Å². The smallest absolute Gasteiger partial charge is 0.193 e. The van der Waals surface area contributed by atoms with Crippen LogP contribution in [0.5, 0.6) is 0 Å². The molecular weight excluding hydrogens is 582 g/mol. The minimum atomic E-state index is -1.24. The summed E-state index contributed by atoms with van der Waals surface area (Å²) in [4.78, 5) is 20.3. The second-order valence-electron chi connectivity index (χ2n) is 12.8. The molecule has 0 bridgehead atoms. The number of allylic oxidation sites excluding steroid dienone is 4. The van der Waals surface area contributed by atoms with E-state index >= 15 is 0 Å². The molecule has 1 unspecified atom stereocenters. The van der Waals surface area contributed by atoms with Gasteiger partial charge in [-0.15, -0.1) is 11.3 Å². The Hall–Kier alpha value is -1.36. The molecule has 212 valence electrons. The molecule has 5 aliphatic rings. The van der Waals surface area contributed by atoms with Crippen molar-refractivity contribution in [3.05, 3.63) is 44.6 Å². The van der Waals surface area contributed by atoms with E-state index in [4.69, 9.17) is 14.3 Å². The van der Waals surface area contributed by atoms with Crippen LogP contribution >= 0.6 is 27.3 Å². The zero-order valence-electron chi connectivity index (χ0n) is 23.0. The number of nitrogens with zero attached hydrogens (tertiary/aromatic N) is 1. The minimum absolute atomic E-state index is 0.0136. The topological polar surface area (TPSA) is 97.6 Å². The van der Waals surface area contributed by atoms with E-state index in [2.05, 4.69) is 53.2 Å². The van der Waals surface area contributed by atoms with E-state index in [9.17, 15) is 15.0 Å². The molecule has 1 aromatic rings. The molecule has 0 radical (unpaired) electrons. The maximum atomic E-state index is 13.4. The predicted octanol–water partition coefficient (Wildman–Crippen LogP) is 5.20. The molecule has 0 aromatic carbocycles. The lowest BCUT2D eigenvalue weighted by molar-refractivity contribution is -0.225. The van der Waals surface area contributed by atoms with E-state index in [0.717, 1.165) is 28.8 Å². The molecule has 0 amide bonds. The molecule has 7 nitrogen and oxygen atoms in total. The Balaban J connectivity index is 1.23. The summed E-state index contributed by atoms with van der Waals surface area (Å²) < 4.78 is 13.9. The van der Waals surface area contributed by atoms with Gasteiger partial charge in [0, 0.05) is 28.0 Å². The number of oxime groups is 1. The van der Waals surface area contributed by atoms with E-state index in [1.165, 1.54) is 10.5 Å². The van der Waals surface area contributed by atoms with Crippen LogP contribution in [0.2, 0.25) is 0 Å². The monoisotopic (exact) mass is 619 g/mol. The van der Waals surface area contributed by atoms with Gasteiger partial charge in [-0.2, -0.15) is 0 Å². The van der Waals surface area contributed by atoms with Crippen LogP contribution in [0.25, 0.3) is 0 Å². The zero-order valence-corrected chi connectivity index (χ0v) is 25.4. The highest BCUT2D eigenvalue weighted by Gasteiger charge is 2.76. The lowest BCUT2D eigenvalue weighted by Crippen LogP contribution is -2.63. The zero-order chi connectivity index (χ0) is 27.8. The molecule has 2 heterocycles. The molecule has 6 rings (SSSR count). The van der Waals surface area contributed by atoms with Gasteiger partial charge in [0.05, 0.1) is 16.0 Å². The van der Waals surface area contributed by atoms with Gasteiger partial charge in [-0.05, 0) is 91.6 Å². The van der Waals surface area contributed by atoms with Gasteiger partial charge in [0.2, 0.25) is 0 Å². The minimum Gasteiger partial charge on any atom is -0.395 e. The molecule has 4 aliphatic carbocycles. The number of hydrogen-bond acceptors (Lipinski definition) is 8. The molecule has 39 heavy (non-hydrogen) atoms. The summed E-state index contributed by atoms with van der Waals surface area (Å²) >= 11 is 5.20. The van der Waals surface area contributed by atoms with Crippen LogP contribution < -0.4 is 0 Å². The van der Waals surface area contributed by atoms with Gasteiger partial charge in [-0.3, -0.25) is 4.79 Å². The third-order valence-electron chi connectivity index (χ3n) is 10.3. The second kappa shape index (κ2) is 9.60. The summed E-state index contributed by atoms with van der Waals surface area (Å²) in [6, 6.07) is 4.14. The number of hydrogen-bond donors (Lipinski definition) is 2. The number of carbonyl (C=O) groups excluding carboxylic acids is 1. The molecule has 1 aromatic heterocycles. The van der Waals surface area contributed by atoms with Gasteiger partial charge in [0.1, 0.15) is 18.9 Å². The summed E-state index contributed by atoms with van der Waals surface area (Å²) in [5.74, 6) is -0.884. The Bertz CT molecular complexity index is 1260. The van der Waals surface area contributed by atoms with Crippen molar-refractivity contribution in [1.82, 2.24) is 0 Å². The van der Waals surface area contributed by atoms with Crippen LogP contribution in [0.3, 0.4) is 0 Å². The highest BCUT2D eigenvalue weighted by Crippen LogP contribution is 2.70. The van der Waals surface area contributed by atoms with Crippen molar-refractivity contribution >= 4 is 38.8 Å².